The summed E-state index contributed by atoms with van der Waals surface area (Å²) in [4.78, 5) is 13.9. The summed E-state index contributed by atoms with van der Waals surface area (Å²) in [6.45, 7) is 2.07. The molecule has 34 heavy (non-hydrogen) atoms. The molecule has 4 rings (SSSR count). The number of nitrogens with one attached hydrogen (secondary N) is 3. The molecule has 0 saturated heterocycles. The van der Waals surface area contributed by atoms with Gasteiger partial charge in [-0.1, -0.05) is 42.8 Å². The summed E-state index contributed by atoms with van der Waals surface area (Å²) < 4.78 is 27.8. The van der Waals surface area contributed by atoms with E-state index in [0.717, 1.165) is 29.0 Å². The van der Waals surface area contributed by atoms with Gasteiger partial charge in [-0.3, -0.25) is 20.3 Å². The van der Waals surface area contributed by atoms with Crippen LogP contribution >= 0.6 is 11.6 Å². The van der Waals surface area contributed by atoms with Gasteiger partial charge in [-0.15, -0.1) is 0 Å². The summed E-state index contributed by atoms with van der Waals surface area (Å²) >= 11 is 5.89. The molecule has 0 bridgehead atoms. The Kier molecular flexibility index (Phi) is 6.53. The Morgan fingerprint density at radius 1 is 1.15 bits per heavy atom. The van der Waals surface area contributed by atoms with Gasteiger partial charge in [-0.05, 0) is 42.3 Å². The maximum atomic E-state index is 12.7. The highest BCUT2D eigenvalue weighted by Gasteiger charge is 2.21. The minimum Gasteiger partial charge on any atom is -0.360 e. The molecule has 3 aromatic carbocycles. The van der Waals surface area contributed by atoms with E-state index in [1.54, 1.807) is 24.5 Å². The standard InChI is InChI=1S/C23H20ClN5O4S/c1-2-15-5-3-8-20-16(13-25-23(15)20)14-26-27-21-10-9-19(12-22(21)29(30)31)34(32,33)28-18-7-4-6-17(24)11-18/h3-14,25,27-28H,2H2,1H3. The van der Waals surface area contributed by atoms with Crippen molar-refractivity contribution in [2.75, 3.05) is 10.1 Å². The van der Waals surface area contributed by atoms with Crippen molar-refractivity contribution in [3.05, 3.63) is 93.1 Å². The molecule has 0 aliphatic heterocycles. The van der Waals surface area contributed by atoms with Gasteiger partial charge in [0, 0.05) is 33.8 Å². The first-order valence-corrected chi connectivity index (χ1v) is 12.1. The van der Waals surface area contributed by atoms with Crippen LogP contribution in [0.1, 0.15) is 18.1 Å². The first-order valence-electron chi connectivity index (χ1n) is 10.2. The summed E-state index contributed by atoms with van der Waals surface area (Å²) in [5.74, 6) is 0. The molecular formula is C23H20ClN5O4S. The molecule has 9 nitrogen and oxygen atoms in total. The summed E-state index contributed by atoms with van der Waals surface area (Å²) in [7, 11) is -4.07. The van der Waals surface area contributed by atoms with E-state index >= 15 is 0 Å². The first kappa shape index (κ1) is 23.3. The van der Waals surface area contributed by atoms with Crippen molar-refractivity contribution in [3.63, 3.8) is 0 Å². The van der Waals surface area contributed by atoms with E-state index in [2.05, 4.69) is 27.2 Å². The van der Waals surface area contributed by atoms with Crippen molar-refractivity contribution in [1.29, 1.82) is 0 Å². The van der Waals surface area contributed by atoms with Crippen LogP contribution in [-0.4, -0.2) is 24.5 Å². The van der Waals surface area contributed by atoms with E-state index in [4.69, 9.17) is 11.6 Å². The fraction of sp³-hybridized carbons (Fsp3) is 0.0870. The molecule has 0 unspecified atom stereocenters. The summed E-state index contributed by atoms with van der Waals surface area (Å²) in [5.41, 5.74) is 5.50. The molecule has 0 aliphatic rings. The molecule has 3 N–H and O–H groups in total. The Morgan fingerprint density at radius 2 is 1.94 bits per heavy atom. The number of aryl methyl sites for hydroxylation is 1. The third kappa shape index (κ3) is 4.87. The zero-order chi connectivity index (χ0) is 24.3. The fourth-order valence-corrected chi connectivity index (χ4v) is 4.76. The quantitative estimate of drug-likeness (QED) is 0.167. The lowest BCUT2D eigenvalue weighted by Crippen LogP contribution is -2.13. The fourth-order valence-electron chi connectivity index (χ4n) is 3.50. The van der Waals surface area contributed by atoms with E-state index in [1.165, 1.54) is 29.8 Å². The van der Waals surface area contributed by atoms with Gasteiger partial charge >= 0.3 is 0 Å². The third-order valence-electron chi connectivity index (χ3n) is 5.16. The Balaban J connectivity index is 1.58. The number of sulfonamides is 1. The lowest BCUT2D eigenvalue weighted by molar-refractivity contribution is -0.384. The number of hydrogen-bond donors (Lipinski definition) is 3. The summed E-state index contributed by atoms with van der Waals surface area (Å²) in [6.07, 6.45) is 4.23. The van der Waals surface area contributed by atoms with E-state index < -0.39 is 20.6 Å². The van der Waals surface area contributed by atoms with Crippen LogP contribution in [0.25, 0.3) is 10.9 Å². The molecule has 0 spiro atoms. The highest BCUT2D eigenvalue weighted by molar-refractivity contribution is 7.92. The number of halogens is 1. The van der Waals surface area contributed by atoms with E-state index in [-0.39, 0.29) is 16.3 Å². The third-order valence-corrected chi connectivity index (χ3v) is 6.77. The van der Waals surface area contributed by atoms with Crippen LogP contribution in [0.15, 0.2) is 76.9 Å². The molecule has 0 radical (unpaired) electrons. The molecule has 1 heterocycles. The molecule has 0 aliphatic carbocycles. The number of H-pyrrole nitrogens is 1. The number of aromatic amines is 1. The topological polar surface area (TPSA) is 129 Å². The van der Waals surface area contributed by atoms with Crippen molar-refractivity contribution >= 4 is 55.8 Å². The van der Waals surface area contributed by atoms with Crippen molar-refractivity contribution in [1.82, 2.24) is 4.98 Å². The SMILES string of the molecule is CCc1cccc2c(C=NNc3ccc(S(=O)(=O)Nc4cccc(Cl)c4)cc3[N+](=O)[O-])c[nH]c12. The molecule has 11 heteroatoms. The van der Waals surface area contributed by atoms with Crippen LogP contribution in [0, 0.1) is 10.1 Å². The predicted octanol–water partition coefficient (Wildman–Crippen LogP) is 5.54. The Hall–Kier alpha value is -3.89. The second-order valence-electron chi connectivity index (χ2n) is 7.36. The smallest absolute Gasteiger partial charge is 0.295 e. The lowest BCUT2D eigenvalue weighted by Gasteiger charge is -2.09. The van der Waals surface area contributed by atoms with E-state index in [1.807, 2.05) is 18.2 Å². The van der Waals surface area contributed by atoms with Crippen LogP contribution in [0.2, 0.25) is 5.02 Å². The van der Waals surface area contributed by atoms with Gasteiger partial charge in [-0.25, -0.2) is 8.42 Å². The summed E-state index contributed by atoms with van der Waals surface area (Å²) in [6, 6.07) is 15.6. The number of nitrogens with zero attached hydrogens (tertiary/aromatic N) is 2. The van der Waals surface area contributed by atoms with Crippen LogP contribution in [0.4, 0.5) is 17.1 Å². The number of hydrogen-bond acceptors (Lipinski definition) is 6. The van der Waals surface area contributed by atoms with E-state index in [9.17, 15) is 18.5 Å². The zero-order valence-electron chi connectivity index (χ0n) is 17.9. The highest BCUT2D eigenvalue weighted by Crippen LogP contribution is 2.29. The van der Waals surface area contributed by atoms with Gasteiger partial charge in [-0.2, -0.15) is 5.10 Å². The minimum absolute atomic E-state index is 0.0528. The minimum atomic E-state index is -4.07. The molecule has 4 aromatic rings. The van der Waals surface area contributed by atoms with Gasteiger partial charge in [0.1, 0.15) is 5.69 Å². The average molecular weight is 498 g/mol. The van der Waals surface area contributed by atoms with Crippen LogP contribution in [0.5, 0.6) is 0 Å². The lowest BCUT2D eigenvalue weighted by atomic mass is 10.1. The van der Waals surface area contributed by atoms with Crippen molar-refractivity contribution in [2.45, 2.75) is 18.2 Å². The van der Waals surface area contributed by atoms with Gasteiger partial charge in [0.25, 0.3) is 15.7 Å². The normalized spacial score (nSPS) is 11.7. The Labute approximate surface area is 200 Å². The van der Waals surface area contributed by atoms with Gasteiger partial charge < -0.3 is 4.98 Å². The highest BCUT2D eigenvalue weighted by atomic mass is 35.5. The number of aromatic nitrogens is 1. The molecule has 0 saturated carbocycles. The maximum absolute atomic E-state index is 12.7. The molecule has 0 amide bonds. The van der Waals surface area contributed by atoms with E-state index in [0.29, 0.717) is 5.02 Å². The van der Waals surface area contributed by atoms with Crippen LogP contribution < -0.4 is 10.1 Å². The second kappa shape index (κ2) is 9.54. The van der Waals surface area contributed by atoms with Crippen molar-refractivity contribution in [3.8, 4) is 0 Å². The molecular weight excluding hydrogens is 478 g/mol. The van der Waals surface area contributed by atoms with Gasteiger partial charge in [0.15, 0.2) is 0 Å². The number of nitro groups is 1. The number of anilines is 2. The van der Waals surface area contributed by atoms with Crippen LogP contribution in [0.3, 0.4) is 0 Å². The number of para-hydroxylation sites is 1. The number of rotatable bonds is 8. The Bertz CT molecular complexity index is 1520. The number of hydrazone groups is 1. The number of nitro benzene ring substituents is 1. The largest absolute Gasteiger partial charge is 0.360 e. The summed E-state index contributed by atoms with van der Waals surface area (Å²) in [5, 5.41) is 17.1. The van der Waals surface area contributed by atoms with Gasteiger partial charge in [0.2, 0.25) is 0 Å². The van der Waals surface area contributed by atoms with Crippen molar-refractivity contribution in [2.24, 2.45) is 5.10 Å². The monoisotopic (exact) mass is 497 g/mol. The maximum Gasteiger partial charge on any atom is 0.295 e. The number of benzene rings is 3. The Morgan fingerprint density at radius 3 is 2.68 bits per heavy atom. The molecule has 1 aromatic heterocycles. The zero-order valence-corrected chi connectivity index (χ0v) is 19.5. The predicted molar refractivity (Wildman–Crippen MR) is 134 cm³/mol. The molecule has 0 fully saturated rings. The first-order chi connectivity index (χ1) is 16.3. The van der Waals surface area contributed by atoms with Gasteiger partial charge in [0.05, 0.1) is 21.7 Å². The molecule has 174 valence electrons. The number of fused-ring (bicyclic) bond motifs is 1. The second-order valence-corrected chi connectivity index (χ2v) is 9.48. The average Bonchev–Trinajstić information content (AvgIpc) is 3.22. The van der Waals surface area contributed by atoms with Crippen molar-refractivity contribution < 1.29 is 13.3 Å². The molecule has 0 atom stereocenters. The van der Waals surface area contributed by atoms with Crippen LogP contribution in [-0.2, 0) is 16.4 Å².